The first-order chi connectivity index (χ1) is 11.2. The van der Waals surface area contributed by atoms with E-state index >= 15 is 0 Å². The number of hydrogen-bond donors (Lipinski definition) is 0. The van der Waals surface area contributed by atoms with Gasteiger partial charge in [-0.2, -0.15) is 6.07 Å². The van der Waals surface area contributed by atoms with Crippen molar-refractivity contribution < 1.29 is 51.0 Å². The minimum absolute atomic E-state index is 0. The summed E-state index contributed by atoms with van der Waals surface area (Å²) in [6.45, 7) is 18.4. The molecular weight excluding hydrogens is 466 g/mol. The summed E-state index contributed by atoms with van der Waals surface area (Å²) in [6, 6.07) is 13.1. The molecular formula is C23H32Cl2SiZr. The van der Waals surface area contributed by atoms with Crippen molar-refractivity contribution >= 4 is 19.6 Å². The summed E-state index contributed by atoms with van der Waals surface area (Å²) in [4.78, 5) is 0. The van der Waals surface area contributed by atoms with E-state index in [1.807, 2.05) is 0 Å². The molecule has 27 heavy (non-hydrogen) atoms. The molecule has 2 aromatic rings. The van der Waals surface area contributed by atoms with Crippen LogP contribution in [0.5, 0.6) is 0 Å². The van der Waals surface area contributed by atoms with Gasteiger partial charge in [0, 0.05) is 0 Å². The summed E-state index contributed by atoms with van der Waals surface area (Å²) in [5, 5.41) is 2.72. The SMILES string of the molecule is CC(C)c1cc2ccccc2[cH-]1.CC1=C(C)C([Si](C)C)C(C)=C1C.[Cl-].[Cl-].[Zr+3]. The van der Waals surface area contributed by atoms with Crippen LogP contribution < -0.4 is 24.8 Å². The summed E-state index contributed by atoms with van der Waals surface area (Å²) >= 11 is 0. The fraction of sp³-hybridized carbons (Fsp3) is 0.435. The van der Waals surface area contributed by atoms with Gasteiger partial charge in [-0.25, -0.2) is 0 Å². The van der Waals surface area contributed by atoms with Gasteiger partial charge in [0.2, 0.25) is 0 Å². The Morgan fingerprint density at radius 3 is 1.74 bits per heavy atom. The Bertz CT molecular complexity index is 728. The average Bonchev–Trinajstić information content (AvgIpc) is 3.04. The van der Waals surface area contributed by atoms with Crippen LogP contribution in [0.25, 0.3) is 10.8 Å². The number of rotatable bonds is 2. The molecule has 0 bridgehead atoms. The van der Waals surface area contributed by atoms with Crippen molar-refractivity contribution in [2.24, 2.45) is 0 Å². The molecule has 4 heteroatoms. The fourth-order valence-corrected chi connectivity index (χ4v) is 5.89. The standard InChI is InChI=1S/C12H13.C11H19Si.2ClH.Zr/c1-9(2)12-7-10-5-3-4-6-11(10)8-12;1-7-8(2)10(4)11(9(7)3)12(5)6;;;/h3-9H,1-2H3;11H,1-6H3;2*1H;/q-1;;;;+3/p-2. The molecule has 3 rings (SSSR count). The van der Waals surface area contributed by atoms with Crippen LogP contribution >= 0.6 is 0 Å². The monoisotopic (exact) mass is 496 g/mol. The zero-order valence-corrected chi connectivity index (χ0v) is 22.8. The number of hydrogen-bond acceptors (Lipinski definition) is 0. The Balaban J connectivity index is 0. The molecule has 0 nitrogen and oxygen atoms in total. The molecule has 0 unspecified atom stereocenters. The normalized spacial score (nSPS) is 14.0. The van der Waals surface area contributed by atoms with Crippen molar-refractivity contribution in [3.8, 4) is 0 Å². The molecule has 146 valence electrons. The molecule has 0 atom stereocenters. The van der Waals surface area contributed by atoms with Gasteiger partial charge >= 0.3 is 26.2 Å². The predicted octanol–water partition coefficient (Wildman–Crippen LogP) is 1.48. The molecule has 1 aliphatic carbocycles. The second-order valence-electron chi connectivity index (χ2n) is 7.70. The first kappa shape index (κ1) is 29.2. The molecule has 0 saturated carbocycles. The van der Waals surface area contributed by atoms with Crippen LogP contribution in [-0.2, 0) is 26.2 Å². The second-order valence-corrected chi connectivity index (χ2v) is 10.4. The largest absolute Gasteiger partial charge is 3.00 e. The van der Waals surface area contributed by atoms with Crippen LogP contribution in [0, 0.1) is 0 Å². The number of benzene rings is 1. The second kappa shape index (κ2) is 12.5. The van der Waals surface area contributed by atoms with E-state index in [2.05, 4.69) is 91.0 Å². The molecule has 1 aliphatic rings. The third-order valence-electron chi connectivity index (χ3n) is 5.50. The third kappa shape index (κ3) is 6.77. The van der Waals surface area contributed by atoms with Gasteiger partial charge in [0.05, 0.1) is 8.80 Å². The van der Waals surface area contributed by atoms with Crippen LogP contribution in [-0.4, -0.2) is 8.80 Å². The minimum Gasteiger partial charge on any atom is -1.00 e. The van der Waals surface area contributed by atoms with Crippen LogP contribution in [0.4, 0.5) is 0 Å². The fourth-order valence-electron chi connectivity index (χ4n) is 3.72. The maximum Gasteiger partial charge on any atom is 3.00 e. The number of fused-ring (bicyclic) bond motifs is 1. The van der Waals surface area contributed by atoms with E-state index in [4.69, 9.17) is 0 Å². The zero-order valence-electron chi connectivity index (χ0n) is 17.9. The minimum atomic E-state index is -0.190. The Morgan fingerprint density at radius 1 is 0.889 bits per heavy atom. The Kier molecular flexibility index (Phi) is 13.5. The Hall–Kier alpha value is -0.01000. The molecule has 0 N–H and O–H groups in total. The molecule has 2 radical (unpaired) electrons. The van der Waals surface area contributed by atoms with E-state index in [-0.39, 0.29) is 59.8 Å². The molecule has 2 aromatic carbocycles. The van der Waals surface area contributed by atoms with Crippen molar-refractivity contribution in [2.75, 3.05) is 0 Å². The summed E-state index contributed by atoms with van der Waals surface area (Å²) in [7, 11) is -0.190. The van der Waals surface area contributed by atoms with Crippen molar-refractivity contribution in [1.29, 1.82) is 0 Å². The molecule has 0 amide bonds. The molecule has 0 heterocycles. The summed E-state index contributed by atoms with van der Waals surface area (Å²) < 4.78 is 0. The van der Waals surface area contributed by atoms with Crippen molar-refractivity contribution in [3.05, 3.63) is 64.3 Å². The zero-order chi connectivity index (χ0) is 18.0. The van der Waals surface area contributed by atoms with Gasteiger partial charge in [-0.1, -0.05) is 44.2 Å². The van der Waals surface area contributed by atoms with Crippen LogP contribution in [0.2, 0.25) is 18.6 Å². The summed E-state index contributed by atoms with van der Waals surface area (Å²) in [6.07, 6.45) is 0. The average molecular weight is 499 g/mol. The van der Waals surface area contributed by atoms with Gasteiger partial charge in [-0.15, -0.1) is 40.6 Å². The Labute approximate surface area is 199 Å². The number of halogens is 2. The van der Waals surface area contributed by atoms with Gasteiger partial charge in [0.15, 0.2) is 0 Å². The summed E-state index contributed by atoms with van der Waals surface area (Å²) in [5.74, 6) is 0.636. The van der Waals surface area contributed by atoms with Gasteiger partial charge in [-0.05, 0) is 50.3 Å². The van der Waals surface area contributed by atoms with Crippen LogP contribution in [0.15, 0.2) is 58.7 Å². The smallest absolute Gasteiger partial charge is 1.00 e. The van der Waals surface area contributed by atoms with Crippen LogP contribution in [0.3, 0.4) is 0 Å². The van der Waals surface area contributed by atoms with Crippen LogP contribution in [0.1, 0.15) is 53.0 Å². The first-order valence-corrected chi connectivity index (χ1v) is 11.6. The quantitative estimate of drug-likeness (QED) is 0.435. The number of allylic oxidation sites excluding steroid dienone is 4. The molecule has 0 saturated heterocycles. The maximum atomic E-state index is 2.41. The van der Waals surface area contributed by atoms with E-state index in [1.165, 1.54) is 16.3 Å². The molecule has 0 fully saturated rings. The maximum absolute atomic E-state index is 2.41. The van der Waals surface area contributed by atoms with Gasteiger partial charge in [-0.3, -0.25) is 0 Å². The van der Waals surface area contributed by atoms with Gasteiger partial charge < -0.3 is 24.8 Å². The van der Waals surface area contributed by atoms with E-state index in [0.717, 1.165) is 5.54 Å². The Morgan fingerprint density at radius 2 is 1.37 bits per heavy atom. The molecule has 0 aromatic heterocycles. The summed E-state index contributed by atoms with van der Waals surface area (Å²) in [5.41, 5.74) is 8.60. The third-order valence-corrected chi connectivity index (χ3v) is 7.52. The predicted molar refractivity (Wildman–Crippen MR) is 112 cm³/mol. The molecule has 0 aliphatic heterocycles. The topological polar surface area (TPSA) is 0 Å². The van der Waals surface area contributed by atoms with Gasteiger partial charge in [0.25, 0.3) is 0 Å². The first-order valence-electron chi connectivity index (χ1n) is 9.04. The van der Waals surface area contributed by atoms with Gasteiger partial charge in [0.1, 0.15) is 0 Å². The van der Waals surface area contributed by atoms with E-state index in [9.17, 15) is 0 Å². The van der Waals surface area contributed by atoms with Crippen molar-refractivity contribution in [2.45, 2.75) is 66.1 Å². The van der Waals surface area contributed by atoms with E-state index < -0.39 is 0 Å². The van der Waals surface area contributed by atoms with E-state index in [0.29, 0.717) is 5.92 Å². The van der Waals surface area contributed by atoms with Crippen molar-refractivity contribution in [3.63, 3.8) is 0 Å². The van der Waals surface area contributed by atoms with E-state index in [1.54, 1.807) is 22.3 Å². The van der Waals surface area contributed by atoms with Crippen molar-refractivity contribution in [1.82, 2.24) is 0 Å². The molecule has 0 spiro atoms.